The number of carboxylic acids is 1. The van der Waals surface area contributed by atoms with E-state index in [2.05, 4.69) is 55.1 Å². The first-order chi connectivity index (χ1) is 46.5. The van der Waals surface area contributed by atoms with Crippen LogP contribution in [0.3, 0.4) is 0 Å². The Morgan fingerprint density at radius 2 is 1.44 bits per heavy atom. The van der Waals surface area contributed by atoms with E-state index in [-0.39, 0.29) is 46.2 Å². The number of H-pyrrole nitrogens is 1. The van der Waals surface area contributed by atoms with Gasteiger partial charge in [-0.2, -0.15) is 0 Å². The predicted molar refractivity (Wildman–Crippen MR) is 377 cm³/mol. The summed E-state index contributed by atoms with van der Waals surface area (Å²) in [6.45, 7) is 20.9. The van der Waals surface area contributed by atoms with Crippen LogP contribution in [0.4, 0.5) is 0 Å². The summed E-state index contributed by atoms with van der Waals surface area (Å²) in [6.07, 6.45) is 9.40. The number of halogens is 3. The van der Waals surface area contributed by atoms with Crippen molar-refractivity contribution in [3.63, 3.8) is 0 Å². The lowest BCUT2D eigenvalue weighted by Gasteiger charge is -2.19. The van der Waals surface area contributed by atoms with E-state index >= 15 is 0 Å². The van der Waals surface area contributed by atoms with Gasteiger partial charge in [-0.1, -0.05) is 91.3 Å². The highest BCUT2D eigenvalue weighted by Crippen LogP contribution is 2.38. The number of aromatic amines is 1. The molecule has 0 radical (unpaired) electrons. The van der Waals surface area contributed by atoms with Gasteiger partial charge in [-0.05, 0) is 175 Å². The van der Waals surface area contributed by atoms with Crippen LogP contribution in [-0.2, 0) is 71.5 Å². The minimum Gasteiger partial charge on any atom is -0.480 e. The number of ether oxygens (including phenoxy) is 6. The molecule has 2 N–H and O–H groups in total. The summed E-state index contributed by atoms with van der Waals surface area (Å²) in [4.78, 5) is 83.0. The van der Waals surface area contributed by atoms with Crippen molar-refractivity contribution in [2.45, 2.75) is 144 Å². The molecule has 3 aromatic heterocycles. The first-order valence-corrected chi connectivity index (χ1v) is 35.1. The third-order valence-corrected chi connectivity index (χ3v) is 17.7. The number of aliphatic carboxylic acids is 1. The van der Waals surface area contributed by atoms with Gasteiger partial charge >= 0.3 is 17.9 Å². The molecule has 22 nitrogen and oxygen atoms in total. The second-order valence-electron chi connectivity index (χ2n) is 24.3. The molecule has 524 valence electrons. The fourth-order valence-corrected chi connectivity index (χ4v) is 12.2. The van der Waals surface area contributed by atoms with Crippen molar-refractivity contribution in [2.24, 2.45) is 17.6 Å². The molecule has 8 aromatic rings. The Kier molecular flexibility index (Phi) is 27.1. The Morgan fingerprint density at radius 3 is 2.03 bits per heavy atom. The number of nitrogens with one attached hydrogen (secondary N) is 1. The van der Waals surface area contributed by atoms with Crippen molar-refractivity contribution in [1.29, 1.82) is 0 Å². The van der Waals surface area contributed by atoms with Crippen LogP contribution in [0.15, 0.2) is 123 Å². The highest BCUT2D eigenvalue weighted by Gasteiger charge is 2.33. The minimum atomic E-state index is -3.52. The van der Waals surface area contributed by atoms with Crippen LogP contribution in [-0.4, -0.2) is 112 Å². The number of esters is 2. The zero-order valence-corrected chi connectivity index (χ0v) is 60.1. The van der Waals surface area contributed by atoms with Crippen molar-refractivity contribution >= 4 is 84.9 Å². The van der Waals surface area contributed by atoms with Crippen molar-refractivity contribution in [2.75, 3.05) is 32.7 Å². The molecule has 0 saturated carbocycles. The normalized spacial score (nSPS) is 13.3. The van der Waals surface area contributed by atoms with Gasteiger partial charge in [0.25, 0.3) is 11.1 Å². The summed E-state index contributed by atoms with van der Waals surface area (Å²) >= 11 is 18.0. The van der Waals surface area contributed by atoms with Gasteiger partial charge < -0.3 is 43.5 Å². The summed E-state index contributed by atoms with van der Waals surface area (Å²) in [5.74, 6) is 0.126. The van der Waals surface area contributed by atoms with Gasteiger partial charge in [0, 0.05) is 53.7 Å². The molecule has 5 heterocycles. The van der Waals surface area contributed by atoms with E-state index in [1.807, 2.05) is 39.8 Å². The summed E-state index contributed by atoms with van der Waals surface area (Å²) in [5.41, 5.74) is 5.75. The molecule has 0 spiro atoms. The van der Waals surface area contributed by atoms with Crippen LogP contribution < -0.4 is 30.1 Å². The third-order valence-electron chi connectivity index (χ3n) is 15.7. The SMILES string of the molecule is CC(Oc1ccc(Oc2ccc(Cl)cc2Cl)cc1)C(=O)O.CCCCCC(C)OC(=O)COc1ccc(Cl)c2cccnc12.CCc1cc(C)cc(CC)c1-c1c(OC(=O)C(C)(C)C)n2n(c1=O)CCOCC2.Cc1c(C(=O)c2c[nH]n(C)c2=O)ccc(S(C)(=O)=O)c1C1=NOCC1. The number of oxime groups is 1. The topological polar surface area (TPSA) is 277 Å². The second kappa shape index (κ2) is 34.7. The molecular formula is C72H83Cl3N6O16S. The molecule has 10 rings (SSSR count). The molecule has 0 saturated heterocycles. The number of nitrogens with zero attached hydrogens (tertiary/aromatic N) is 5. The number of carbonyl (C=O) groups is 4. The smallest absolute Gasteiger partial charge is 0.344 e. The predicted octanol–water partition coefficient (Wildman–Crippen LogP) is 13.9. The van der Waals surface area contributed by atoms with E-state index < -0.39 is 38.7 Å². The van der Waals surface area contributed by atoms with Gasteiger partial charge in [0.1, 0.15) is 46.2 Å². The number of carboxylic acid groups (broad SMARTS) is 1. The molecule has 5 aromatic carbocycles. The van der Waals surface area contributed by atoms with E-state index in [9.17, 15) is 37.2 Å². The Morgan fingerprint density at radius 1 is 0.776 bits per heavy atom. The van der Waals surface area contributed by atoms with E-state index in [1.54, 1.807) is 77.1 Å². The molecule has 0 fully saturated rings. The number of aryl methyl sites for hydroxylation is 4. The molecule has 0 bridgehead atoms. The number of unbranched alkanes of at least 4 members (excludes halogenated alkanes) is 2. The number of sulfone groups is 1. The summed E-state index contributed by atoms with van der Waals surface area (Å²) in [6, 6.07) is 25.7. The number of carbonyl (C=O) groups excluding carboxylic acids is 3. The maximum atomic E-state index is 13.5. The number of hydrogen-bond acceptors (Lipinski definition) is 17. The van der Waals surface area contributed by atoms with E-state index in [1.165, 1.54) is 42.5 Å². The van der Waals surface area contributed by atoms with Gasteiger partial charge in [0.15, 0.2) is 28.3 Å². The lowest BCUT2D eigenvalue weighted by atomic mass is 9.91. The molecule has 26 heteroatoms. The average Bonchev–Trinajstić information content (AvgIpc) is 1.56. The van der Waals surface area contributed by atoms with Gasteiger partial charge in [-0.15, -0.1) is 0 Å². The maximum absolute atomic E-state index is 13.5. The number of ketones is 1. The Labute approximate surface area is 584 Å². The number of aromatic nitrogens is 5. The first-order valence-electron chi connectivity index (χ1n) is 32.0. The second-order valence-corrected chi connectivity index (χ2v) is 27.5. The summed E-state index contributed by atoms with van der Waals surface area (Å²) in [5, 5.41) is 17.7. The Balaban J connectivity index is 0.000000185. The zero-order valence-electron chi connectivity index (χ0n) is 57.0. The highest BCUT2D eigenvalue weighted by molar-refractivity contribution is 7.90. The van der Waals surface area contributed by atoms with Crippen LogP contribution in [0, 0.1) is 19.3 Å². The molecule has 2 unspecified atom stereocenters. The number of benzene rings is 5. The van der Waals surface area contributed by atoms with Crippen molar-refractivity contribution in [1.82, 2.24) is 24.1 Å². The third kappa shape index (κ3) is 19.8. The zero-order chi connectivity index (χ0) is 71.8. The number of pyridine rings is 1. The Hall–Kier alpha value is -8.74. The van der Waals surface area contributed by atoms with Crippen molar-refractivity contribution < 1.29 is 66.0 Å². The number of rotatable bonds is 21. The average molecular weight is 1430 g/mol. The van der Waals surface area contributed by atoms with Gasteiger partial charge in [-0.25, -0.2) is 27.4 Å². The quantitative estimate of drug-likeness (QED) is 0.0384. The lowest BCUT2D eigenvalue weighted by Crippen LogP contribution is -2.27. The summed E-state index contributed by atoms with van der Waals surface area (Å²) < 4.78 is 62.1. The number of hydrogen-bond donors (Lipinski definition) is 2. The maximum Gasteiger partial charge on any atom is 0.344 e. The van der Waals surface area contributed by atoms with Crippen LogP contribution in [0.1, 0.15) is 131 Å². The molecule has 0 amide bonds. The molecule has 2 atom stereocenters. The van der Waals surface area contributed by atoms with Crippen molar-refractivity contribution in [3.8, 4) is 40.0 Å². The van der Waals surface area contributed by atoms with Crippen LogP contribution >= 0.6 is 34.8 Å². The Bertz CT molecular complexity index is 4430. The highest BCUT2D eigenvalue weighted by atomic mass is 35.5. The fraction of sp³-hybridized carbons (Fsp3) is 0.389. The van der Waals surface area contributed by atoms with E-state index in [0.29, 0.717) is 111 Å². The number of fused-ring (bicyclic) bond motifs is 2. The lowest BCUT2D eigenvalue weighted by molar-refractivity contribution is -0.151. The monoisotopic (exact) mass is 1420 g/mol. The van der Waals surface area contributed by atoms with E-state index in [4.69, 9.17) is 73.2 Å². The van der Waals surface area contributed by atoms with Gasteiger partial charge in [0.2, 0.25) is 5.88 Å². The fourth-order valence-electron chi connectivity index (χ4n) is 10.5. The minimum absolute atomic E-state index is 0.00623. The van der Waals surface area contributed by atoms with Crippen LogP contribution in [0.5, 0.6) is 28.9 Å². The van der Waals surface area contributed by atoms with Gasteiger partial charge in [0.05, 0.1) is 58.5 Å². The molecular weight excluding hydrogens is 1340 g/mol. The molecule has 2 aliphatic rings. The van der Waals surface area contributed by atoms with Gasteiger partial charge in [-0.3, -0.25) is 28.8 Å². The largest absolute Gasteiger partial charge is 0.480 e. The van der Waals surface area contributed by atoms with Crippen LogP contribution in [0.2, 0.25) is 15.1 Å². The first kappa shape index (κ1) is 76.6. The molecule has 0 aliphatic carbocycles. The molecule has 2 aliphatic heterocycles. The van der Waals surface area contributed by atoms with Crippen molar-refractivity contribution in [3.05, 3.63) is 178 Å². The summed E-state index contributed by atoms with van der Waals surface area (Å²) in [7, 11) is -2.02. The van der Waals surface area contributed by atoms with Crippen LogP contribution in [0.25, 0.3) is 22.0 Å². The standard InChI is InChI=1S/C23H32N2O4.C18H22ClNO3.C16H17N3O5S.C15H12Cl2O4/c1-7-16-13-15(3)14-17(8-2)18(16)19-20(26)24-9-11-28-12-10-25(24)21(19)29-22(27)23(4,5)6;1-3-4-5-7-13(2)23-17(21)12-22-16-10-9-15(19)14-8-6-11-20-18(14)16;1-9-10(15(20)11-8-17-19(2)16(11)21)4-5-13(25(3,22)23)14(9)12-6-7-24-18-12;1-9(15(18)19)20-11-3-5-12(6-4-11)21-14-7-2-10(16)8-13(14)17/h13-14H,7-12H2,1-6H3;6,8-11,13H,3-5,7,12H2,1-2H3;4-5,8,17H,6-7H2,1-3H3;2-9H,1H3,(H,18,19). The molecule has 98 heavy (non-hydrogen) atoms. The van der Waals surface area contributed by atoms with E-state index in [0.717, 1.165) is 66.9 Å².